The van der Waals surface area contributed by atoms with Gasteiger partial charge in [-0.25, -0.2) is 0 Å². The number of hydrogen-bond donors (Lipinski definition) is 0. The van der Waals surface area contributed by atoms with Gasteiger partial charge in [0.05, 0.1) is 7.11 Å². The highest BCUT2D eigenvalue weighted by molar-refractivity contribution is 5.80. The molecule has 2 nitrogen and oxygen atoms in total. The van der Waals surface area contributed by atoms with Gasteiger partial charge in [-0.2, -0.15) is 0 Å². The molecule has 0 aliphatic heterocycles. The lowest BCUT2D eigenvalue weighted by atomic mass is 10.0. The molecule has 1 rings (SSSR count). The smallest absolute Gasteiger partial charge is 0.137 e. The summed E-state index contributed by atoms with van der Waals surface area (Å²) in [5.74, 6) is 1.13. The molecule has 0 radical (unpaired) electrons. The van der Waals surface area contributed by atoms with Crippen LogP contribution in [0, 0.1) is 0 Å². The molecule has 0 spiro atoms. The molecule has 15 heavy (non-hydrogen) atoms. The molecular formula is C13H18O2. The second-order valence-electron chi connectivity index (χ2n) is 3.67. The Bertz CT molecular complexity index is 318. The molecule has 82 valence electrons. The molecule has 0 fully saturated rings. The van der Waals surface area contributed by atoms with Crippen molar-refractivity contribution in [3.8, 4) is 5.75 Å². The van der Waals surface area contributed by atoms with Gasteiger partial charge < -0.3 is 4.74 Å². The summed E-state index contributed by atoms with van der Waals surface area (Å²) in [6, 6.07) is 7.69. The van der Waals surface area contributed by atoms with E-state index in [9.17, 15) is 4.79 Å². The predicted octanol–water partition coefficient (Wildman–Crippen LogP) is 3.00. The van der Waals surface area contributed by atoms with Gasteiger partial charge in [-0.15, -0.1) is 0 Å². The first kappa shape index (κ1) is 11.8. The lowest BCUT2D eigenvalue weighted by Crippen LogP contribution is -2.02. The van der Waals surface area contributed by atoms with Crippen molar-refractivity contribution in [2.24, 2.45) is 0 Å². The van der Waals surface area contributed by atoms with Gasteiger partial charge in [0.2, 0.25) is 0 Å². The lowest BCUT2D eigenvalue weighted by Gasteiger charge is -2.03. The van der Waals surface area contributed by atoms with Crippen molar-refractivity contribution in [2.45, 2.75) is 32.6 Å². The number of carbonyl (C=O) groups is 1. The summed E-state index contributed by atoms with van der Waals surface area (Å²) in [7, 11) is 1.64. The Kier molecular flexibility index (Phi) is 4.88. The van der Waals surface area contributed by atoms with Crippen molar-refractivity contribution in [3.63, 3.8) is 0 Å². The second-order valence-corrected chi connectivity index (χ2v) is 3.67. The van der Waals surface area contributed by atoms with Gasteiger partial charge in [0.1, 0.15) is 11.5 Å². The van der Waals surface area contributed by atoms with Gasteiger partial charge in [-0.1, -0.05) is 25.5 Å². The van der Waals surface area contributed by atoms with E-state index in [0.717, 1.165) is 24.2 Å². The molecule has 0 saturated carbocycles. The number of ether oxygens (including phenoxy) is 1. The third-order valence-electron chi connectivity index (χ3n) is 2.34. The minimum absolute atomic E-state index is 0.310. The van der Waals surface area contributed by atoms with Crippen molar-refractivity contribution in [2.75, 3.05) is 7.11 Å². The summed E-state index contributed by atoms with van der Waals surface area (Å²) >= 11 is 0. The van der Waals surface area contributed by atoms with Gasteiger partial charge in [0.25, 0.3) is 0 Å². The molecule has 1 aromatic rings. The molecule has 0 aliphatic rings. The van der Waals surface area contributed by atoms with E-state index in [4.69, 9.17) is 4.74 Å². The first-order valence-electron chi connectivity index (χ1n) is 5.41. The van der Waals surface area contributed by atoms with Crippen LogP contribution in [-0.4, -0.2) is 12.9 Å². The summed E-state index contributed by atoms with van der Waals surface area (Å²) in [5.41, 5.74) is 1.04. The Labute approximate surface area is 91.3 Å². The average Bonchev–Trinajstić information content (AvgIpc) is 2.26. The fraction of sp³-hybridized carbons (Fsp3) is 0.462. The van der Waals surface area contributed by atoms with Crippen molar-refractivity contribution in [1.29, 1.82) is 0 Å². The molecule has 1 aromatic carbocycles. The first-order chi connectivity index (χ1) is 7.26. The van der Waals surface area contributed by atoms with Gasteiger partial charge >= 0.3 is 0 Å². The summed E-state index contributed by atoms with van der Waals surface area (Å²) in [4.78, 5) is 11.5. The highest BCUT2D eigenvalue weighted by Crippen LogP contribution is 2.13. The van der Waals surface area contributed by atoms with E-state index in [-0.39, 0.29) is 0 Å². The zero-order valence-corrected chi connectivity index (χ0v) is 9.45. The first-order valence-corrected chi connectivity index (χ1v) is 5.41. The molecule has 0 aromatic heterocycles. The van der Waals surface area contributed by atoms with Crippen molar-refractivity contribution < 1.29 is 9.53 Å². The van der Waals surface area contributed by atoms with Crippen LogP contribution in [0.5, 0.6) is 5.75 Å². The molecule has 0 aliphatic carbocycles. The Hall–Kier alpha value is -1.31. The molecule has 0 N–H and O–H groups in total. The number of carbonyl (C=O) groups excluding carboxylic acids is 1. The third-order valence-corrected chi connectivity index (χ3v) is 2.34. The highest BCUT2D eigenvalue weighted by atomic mass is 16.5. The lowest BCUT2D eigenvalue weighted by molar-refractivity contribution is -0.118. The average molecular weight is 206 g/mol. The van der Waals surface area contributed by atoms with Gasteiger partial charge in [0, 0.05) is 12.8 Å². The van der Waals surface area contributed by atoms with Crippen LogP contribution in [0.3, 0.4) is 0 Å². The van der Waals surface area contributed by atoms with Crippen LogP contribution in [0.15, 0.2) is 24.3 Å². The van der Waals surface area contributed by atoms with Crippen LogP contribution < -0.4 is 4.74 Å². The van der Waals surface area contributed by atoms with Crippen molar-refractivity contribution in [3.05, 3.63) is 29.8 Å². The number of ketones is 1. The van der Waals surface area contributed by atoms with Crippen molar-refractivity contribution in [1.82, 2.24) is 0 Å². The standard InChI is InChI=1S/C13H18O2/c1-3-4-7-12(14)9-11-6-5-8-13(10-11)15-2/h5-6,8,10H,3-4,7,9H2,1-2H3. The molecule has 0 heterocycles. The number of unbranched alkanes of at least 4 members (excludes halogenated alkanes) is 1. The van der Waals surface area contributed by atoms with E-state index in [1.165, 1.54) is 0 Å². The molecule has 0 atom stereocenters. The monoisotopic (exact) mass is 206 g/mol. The zero-order chi connectivity index (χ0) is 11.1. The van der Waals surface area contributed by atoms with Gasteiger partial charge in [-0.3, -0.25) is 4.79 Å². The minimum Gasteiger partial charge on any atom is -0.497 e. The van der Waals surface area contributed by atoms with Crippen molar-refractivity contribution >= 4 is 5.78 Å². The molecule has 0 amide bonds. The second kappa shape index (κ2) is 6.23. The van der Waals surface area contributed by atoms with E-state index in [2.05, 4.69) is 6.92 Å². The van der Waals surface area contributed by atoms with E-state index < -0.39 is 0 Å². The largest absolute Gasteiger partial charge is 0.497 e. The zero-order valence-electron chi connectivity index (χ0n) is 9.45. The fourth-order valence-electron chi connectivity index (χ4n) is 1.47. The van der Waals surface area contributed by atoms with Crippen LogP contribution in [0.1, 0.15) is 31.7 Å². The van der Waals surface area contributed by atoms with Crippen LogP contribution in [-0.2, 0) is 11.2 Å². The Balaban J connectivity index is 2.52. The van der Waals surface area contributed by atoms with E-state index >= 15 is 0 Å². The molecule has 2 heteroatoms. The number of benzene rings is 1. The van der Waals surface area contributed by atoms with Crippen LogP contribution >= 0.6 is 0 Å². The molecule has 0 unspecified atom stereocenters. The third kappa shape index (κ3) is 4.15. The Morgan fingerprint density at radius 1 is 1.40 bits per heavy atom. The Morgan fingerprint density at radius 3 is 2.87 bits per heavy atom. The minimum atomic E-state index is 0.310. The van der Waals surface area contributed by atoms with Crippen LogP contribution in [0.2, 0.25) is 0 Å². The summed E-state index contributed by atoms with van der Waals surface area (Å²) in [6.45, 7) is 2.10. The maximum absolute atomic E-state index is 11.5. The number of Topliss-reactive ketones (excluding diaryl/α,β-unsaturated/α-hetero) is 1. The maximum atomic E-state index is 11.5. The van der Waals surface area contributed by atoms with E-state index in [0.29, 0.717) is 18.6 Å². The fourth-order valence-corrected chi connectivity index (χ4v) is 1.47. The van der Waals surface area contributed by atoms with Gasteiger partial charge in [-0.05, 0) is 24.1 Å². The molecular weight excluding hydrogens is 188 g/mol. The SMILES string of the molecule is CCCCC(=O)Cc1cccc(OC)c1. The highest BCUT2D eigenvalue weighted by Gasteiger charge is 2.03. The number of rotatable bonds is 6. The molecule has 0 bridgehead atoms. The quantitative estimate of drug-likeness (QED) is 0.715. The Morgan fingerprint density at radius 2 is 2.20 bits per heavy atom. The number of methoxy groups -OCH3 is 1. The summed E-state index contributed by atoms with van der Waals surface area (Å²) in [5, 5.41) is 0. The number of hydrogen-bond acceptors (Lipinski definition) is 2. The summed E-state index contributed by atoms with van der Waals surface area (Å²) in [6.07, 6.45) is 3.28. The van der Waals surface area contributed by atoms with E-state index in [1.54, 1.807) is 7.11 Å². The maximum Gasteiger partial charge on any atom is 0.137 e. The van der Waals surface area contributed by atoms with Crippen LogP contribution in [0.25, 0.3) is 0 Å². The van der Waals surface area contributed by atoms with Crippen LogP contribution in [0.4, 0.5) is 0 Å². The topological polar surface area (TPSA) is 26.3 Å². The van der Waals surface area contributed by atoms with Gasteiger partial charge in [0.15, 0.2) is 0 Å². The summed E-state index contributed by atoms with van der Waals surface area (Å²) < 4.78 is 5.11. The van der Waals surface area contributed by atoms with E-state index in [1.807, 2.05) is 24.3 Å². The predicted molar refractivity (Wildman–Crippen MR) is 61.2 cm³/mol. The normalized spacial score (nSPS) is 10.0. The molecule has 0 saturated heterocycles.